The Morgan fingerprint density at radius 1 is 0.842 bits per heavy atom. The lowest BCUT2D eigenvalue weighted by Gasteiger charge is -2.01. The van der Waals surface area contributed by atoms with Gasteiger partial charge in [-0.1, -0.05) is 72.0 Å². The fourth-order valence-corrected chi connectivity index (χ4v) is 1.96. The van der Waals surface area contributed by atoms with E-state index in [4.69, 9.17) is 0 Å². The predicted octanol–water partition coefficient (Wildman–Crippen LogP) is 3.64. The van der Waals surface area contributed by atoms with Gasteiger partial charge >= 0.3 is 0 Å². The molecule has 0 atom stereocenters. The van der Waals surface area contributed by atoms with Crippen LogP contribution in [0.1, 0.15) is 11.1 Å². The summed E-state index contributed by atoms with van der Waals surface area (Å²) in [5.74, 6) is 0. The smallest absolute Gasteiger partial charge is 0.113 e. The van der Waals surface area contributed by atoms with Crippen molar-refractivity contribution in [3.63, 3.8) is 0 Å². The molecule has 1 N–H and O–H groups in total. The standard InChI is InChI=1S/C16H13N3/c1-2-6-13(7-3-1)10-11-14-8-4-5-9-15(14)16-12-17-19-18-16/h1-12H,(H,17,18,19). The predicted molar refractivity (Wildman–Crippen MR) is 77.2 cm³/mol. The summed E-state index contributed by atoms with van der Waals surface area (Å²) in [4.78, 5) is 0. The first-order chi connectivity index (χ1) is 9.43. The molecule has 0 radical (unpaired) electrons. The maximum absolute atomic E-state index is 4.06. The minimum Gasteiger partial charge on any atom is -0.265 e. The minimum atomic E-state index is 0.855. The van der Waals surface area contributed by atoms with Crippen LogP contribution in [-0.4, -0.2) is 15.4 Å². The lowest BCUT2D eigenvalue weighted by atomic mass is 10.0. The molecular formula is C16H13N3. The number of hydrogen-bond acceptors (Lipinski definition) is 2. The Bertz CT molecular complexity index is 670. The van der Waals surface area contributed by atoms with Crippen molar-refractivity contribution < 1.29 is 0 Å². The molecule has 1 aromatic heterocycles. The number of aromatic nitrogens is 3. The van der Waals surface area contributed by atoms with Crippen LogP contribution in [-0.2, 0) is 0 Å². The largest absolute Gasteiger partial charge is 0.265 e. The second-order valence-corrected chi connectivity index (χ2v) is 4.19. The van der Waals surface area contributed by atoms with Crippen LogP contribution in [0, 0.1) is 0 Å². The van der Waals surface area contributed by atoms with Gasteiger partial charge in [-0.3, -0.25) is 5.10 Å². The van der Waals surface area contributed by atoms with Gasteiger partial charge in [-0.15, -0.1) is 5.10 Å². The van der Waals surface area contributed by atoms with Crippen molar-refractivity contribution in [2.75, 3.05) is 0 Å². The lowest BCUT2D eigenvalue weighted by molar-refractivity contribution is 0.942. The molecule has 0 aliphatic carbocycles. The van der Waals surface area contributed by atoms with Gasteiger partial charge in [0.15, 0.2) is 0 Å². The third kappa shape index (κ3) is 2.60. The molecule has 3 aromatic rings. The van der Waals surface area contributed by atoms with Crippen molar-refractivity contribution in [1.29, 1.82) is 0 Å². The second kappa shape index (κ2) is 5.31. The summed E-state index contributed by atoms with van der Waals surface area (Å²) in [7, 11) is 0. The average Bonchev–Trinajstić information content (AvgIpc) is 3.01. The first-order valence-corrected chi connectivity index (χ1v) is 6.12. The van der Waals surface area contributed by atoms with E-state index in [1.165, 1.54) is 5.56 Å². The summed E-state index contributed by atoms with van der Waals surface area (Å²) >= 11 is 0. The highest BCUT2D eigenvalue weighted by Crippen LogP contribution is 2.22. The molecule has 0 unspecified atom stereocenters. The van der Waals surface area contributed by atoms with E-state index in [9.17, 15) is 0 Å². The molecule has 0 bridgehead atoms. The van der Waals surface area contributed by atoms with Crippen LogP contribution >= 0.6 is 0 Å². The molecule has 0 saturated heterocycles. The zero-order valence-corrected chi connectivity index (χ0v) is 10.3. The van der Waals surface area contributed by atoms with Gasteiger partial charge in [0.1, 0.15) is 5.69 Å². The summed E-state index contributed by atoms with van der Waals surface area (Å²) < 4.78 is 0. The molecule has 0 aliphatic rings. The second-order valence-electron chi connectivity index (χ2n) is 4.19. The van der Waals surface area contributed by atoms with E-state index in [2.05, 4.69) is 45.8 Å². The average molecular weight is 247 g/mol. The number of nitrogens with zero attached hydrogens (tertiary/aromatic N) is 2. The van der Waals surface area contributed by atoms with Gasteiger partial charge in [-0.2, -0.15) is 0 Å². The van der Waals surface area contributed by atoms with Crippen LogP contribution in [0.4, 0.5) is 0 Å². The van der Waals surface area contributed by atoms with Crippen molar-refractivity contribution in [1.82, 2.24) is 15.4 Å². The van der Waals surface area contributed by atoms with Crippen LogP contribution in [0.2, 0.25) is 0 Å². The molecular weight excluding hydrogens is 234 g/mol. The van der Waals surface area contributed by atoms with Crippen LogP contribution < -0.4 is 0 Å². The fraction of sp³-hybridized carbons (Fsp3) is 0. The first kappa shape index (κ1) is 11.4. The Balaban J connectivity index is 1.96. The molecule has 0 spiro atoms. The van der Waals surface area contributed by atoms with Crippen LogP contribution in [0.5, 0.6) is 0 Å². The third-order valence-electron chi connectivity index (χ3n) is 2.91. The van der Waals surface area contributed by atoms with E-state index in [1.807, 2.05) is 36.4 Å². The number of rotatable bonds is 3. The Kier molecular flexibility index (Phi) is 3.19. The Morgan fingerprint density at radius 2 is 1.63 bits per heavy atom. The van der Waals surface area contributed by atoms with Gasteiger partial charge in [0.25, 0.3) is 0 Å². The summed E-state index contributed by atoms with van der Waals surface area (Å²) in [6.45, 7) is 0. The van der Waals surface area contributed by atoms with E-state index < -0.39 is 0 Å². The van der Waals surface area contributed by atoms with E-state index >= 15 is 0 Å². The van der Waals surface area contributed by atoms with Crippen molar-refractivity contribution in [3.05, 3.63) is 71.9 Å². The summed E-state index contributed by atoms with van der Waals surface area (Å²) in [5, 5.41) is 10.6. The molecule has 19 heavy (non-hydrogen) atoms. The van der Waals surface area contributed by atoms with Crippen molar-refractivity contribution in [2.45, 2.75) is 0 Å². The number of H-pyrrole nitrogens is 1. The third-order valence-corrected chi connectivity index (χ3v) is 2.91. The van der Waals surface area contributed by atoms with Gasteiger partial charge in [0.05, 0.1) is 6.20 Å². The molecule has 1 heterocycles. The Labute approximate surface area is 111 Å². The number of aromatic amines is 1. The van der Waals surface area contributed by atoms with Gasteiger partial charge in [-0.05, 0) is 11.1 Å². The number of nitrogens with one attached hydrogen (secondary N) is 1. The van der Waals surface area contributed by atoms with Gasteiger partial charge < -0.3 is 0 Å². The molecule has 0 aliphatic heterocycles. The molecule has 3 heteroatoms. The fourth-order valence-electron chi connectivity index (χ4n) is 1.96. The van der Waals surface area contributed by atoms with Crippen LogP contribution in [0.25, 0.3) is 23.4 Å². The highest BCUT2D eigenvalue weighted by Gasteiger charge is 2.04. The normalized spacial score (nSPS) is 10.9. The SMILES string of the molecule is C(=Cc1ccccc1-c1c[nH]nn1)c1ccccc1. The van der Waals surface area contributed by atoms with Crippen molar-refractivity contribution in [2.24, 2.45) is 0 Å². The topological polar surface area (TPSA) is 41.6 Å². The summed E-state index contributed by atoms with van der Waals surface area (Å²) in [6.07, 6.45) is 5.99. The molecule has 0 amide bonds. The summed E-state index contributed by atoms with van der Waals surface area (Å²) in [5.41, 5.74) is 4.23. The maximum Gasteiger partial charge on any atom is 0.113 e. The van der Waals surface area contributed by atoms with E-state index in [0.717, 1.165) is 16.8 Å². The molecule has 0 saturated carbocycles. The molecule has 3 rings (SSSR count). The molecule has 92 valence electrons. The zero-order chi connectivity index (χ0) is 12.9. The lowest BCUT2D eigenvalue weighted by Crippen LogP contribution is -1.83. The van der Waals surface area contributed by atoms with E-state index in [0.29, 0.717) is 0 Å². The molecule has 3 nitrogen and oxygen atoms in total. The van der Waals surface area contributed by atoms with Crippen molar-refractivity contribution >= 4 is 12.2 Å². The van der Waals surface area contributed by atoms with Gasteiger partial charge in [-0.25, -0.2) is 0 Å². The first-order valence-electron chi connectivity index (χ1n) is 6.12. The van der Waals surface area contributed by atoms with Gasteiger partial charge in [0.2, 0.25) is 0 Å². The molecule has 0 fully saturated rings. The number of benzene rings is 2. The highest BCUT2D eigenvalue weighted by atomic mass is 15.3. The Morgan fingerprint density at radius 3 is 2.42 bits per heavy atom. The maximum atomic E-state index is 4.06. The minimum absolute atomic E-state index is 0.855. The number of hydrogen-bond donors (Lipinski definition) is 1. The van der Waals surface area contributed by atoms with Crippen molar-refractivity contribution in [3.8, 4) is 11.3 Å². The highest BCUT2D eigenvalue weighted by molar-refractivity contribution is 5.79. The zero-order valence-electron chi connectivity index (χ0n) is 10.3. The summed E-state index contributed by atoms with van der Waals surface area (Å²) in [6, 6.07) is 18.4. The molecule has 2 aromatic carbocycles. The van der Waals surface area contributed by atoms with Crippen LogP contribution in [0.15, 0.2) is 60.8 Å². The monoisotopic (exact) mass is 247 g/mol. The van der Waals surface area contributed by atoms with E-state index in [1.54, 1.807) is 6.20 Å². The van der Waals surface area contributed by atoms with E-state index in [-0.39, 0.29) is 0 Å². The quantitative estimate of drug-likeness (QED) is 0.718. The van der Waals surface area contributed by atoms with Crippen LogP contribution in [0.3, 0.4) is 0 Å². The van der Waals surface area contributed by atoms with Gasteiger partial charge in [0, 0.05) is 5.56 Å². The Hall–Kier alpha value is -2.68.